The van der Waals surface area contributed by atoms with Gasteiger partial charge in [-0.15, -0.1) is 0 Å². The van der Waals surface area contributed by atoms with Crippen LogP contribution in [-0.4, -0.2) is 119 Å². The fourth-order valence-electron chi connectivity index (χ4n) is 11.8. The summed E-state index contributed by atoms with van der Waals surface area (Å²) in [6.07, 6.45) is 1.94. The summed E-state index contributed by atoms with van der Waals surface area (Å²) in [6.45, 7) is 33.5. The van der Waals surface area contributed by atoms with Crippen LogP contribution in [0.25, 0.3) is 0 Å². The molecule has 2 N–H and O–H groups in total. The Labute approximate surface area is 361 Å². The number of carbonyl (C=O) groups is 4. The number of nitrogens with one attached hydrogen (secondary N) is 2. The molecule has 0 radical (unpaired) electrons. The fraction of sp³-hybridized carbons (Fsp3) is 0.913. The Balaban J connectivity index is 1.62. The maximum absolute atomic E-state index is 14.4. The number of hydrogen-bond acceptors (Lipinski definition) is 14. The van der Waals surface area contributed by atoms with Crippen LogP contribution in [0.15, 0.2) is 0 Å². The highest BCUT2D eigenvalue weighted by atomic mass is 16.7. The Morgan fingerprint density at radius 2 is 0.783 bits per heavy atom. The van der Waals surface area contributed by atoms with E-state index >= 15 is 0 Å². The van der Waals surface area contributed by atoms with Gasteiger partial charge in [0.1, 0.15) is 0 Å². The number of carbonyl (C=O) groups excluding carboxylic acids is 4. The molecule has 0 aromatic rings. The Bertz CT molecular complexity index is 1460. The van der Waals surface area contributed by atoms with Gasteiger partial charge in [0.05, 0.1) is 65.3 Å². The zero-order chi connectivity index (χ0) is 45.7. The molecule has 6 atom stereocenters. The highest BCUT2D eigenvalue weighted by Gasteiger charge is 2.54. The summed E-state index contributed by atoms with van der Waals surface area (Å²) in [5.74, 6) is -5.84. The van der Waals surface area contributed by atoms with Crippen molar-refractivity contribution < 1.29 is 47.8 Å². The van der Waals surface area contributed by atoms with Gasteiger partial charge in [-0.3, -0.25) is 19.2 Å². The van der Waals surface area contributed by atoms with Crippen molar-refractivity contribution in [2.45, 2.75) is 194 Å². The second kappa shape index (κ2) is 17.7. The van der Waals surface area contributed by atoms with Crippen molar-refractivity contribution in [2.24, 2.45) is 35.5 Å². The molecule has 4 heterocycles. The van der Waals surface area contributed by atoms with E-state index in [-0.39, 0.29) is 83.3 Å². The summed E-state index contributed by atoms with van der Waals surface area (Å²) in [6, 6.07) is 0. The largest absolute Gasteiger partial charge is 0.465 e. The number of rotatable bonds is 17. The third-order valence-corrected chi connectivity index (χ3v) is 14.5. The van der Waals surface area contributed by atoms with E-state index in [4.69, 9.17) is 28.6 Å². The Morgan fingerprint density at radius 3 is 1.03 bits per heavy atom. The van der Waals surface area contributed by atoms with Gasteiger partial charge in [0.2, 0.25) is 0 Å². The van der Waals surface area contributed by atoms with Crippen molar-refractivity contribution in [1.29, 1.82) is 0 Å². The van der Waals surface area contributed by atoms with Gasteiger partial charge in [0, 0.05) is 68.0 Å². The van der Waals surface area contributed by atoms with Crippen molar-refractivity contribution >= 4 is 23.9 Å². The van der Waals surface area contributed by atoms with E-state index in [0.717, 1.165) is 12.8 Å². The Morgan fingerprint density at radius 1 is 0.483 bits per heavy atom. The lowest BCUT2D eigenvalue weighted by atomic mass is 9.85. The van der Waals surface area contributed by atoms with Gasteiger partial charge in [-0.2, -0.15) is 10.1 Å². The average Bonchev–Trinajstić information content (AvgIpc) is 3.60. The van der Waals surface area contributed by atoms with E-state index in [0.29, 0.717) is 12.8 Å². The van der Waals surface area contributed by atoms with Crippen molar-refractivity contribution in [1.82, 2.24) is 20.8 Å². The molecule has 60 heavy (non-hydrogen) atoms. The molecule has 0 saturated carbocycles. The highest BCUT2D eigenvalue weighted by Crippen LogP contribution is 2.46. The van der Waals surface area contributed by atoms with E-state index in [2.05, 4.69) is 93.7 Å². The van der Waals surface area contributed by atoms with Crippen LogP contribution in [-0.2, 0) is 47.8 Å². The Kier molecular flexibility index (Phi) is 14.8. The first kappa shape index (κ1) is 50.3. The summed E-state index contributed by atoms with van der Waals surface area (Å²) in [7, 11) is 3.27. The number of ether oxygens (including phenoxy) is 4. The van der Waals surface area contributed by atoms with Crippen molar-refractivity contribution in [3.8, 4) is 0 Å². The average molecular weight is 851 g/mol. The minimum absolute atomic E-state index is 0.0396. The SMILES string of the molecule is CON1C(C)(C)CC(COC(=O)CC(C(=O)OCC2CC(C)(C)NC2(C)C)C(CC(=O)OCC2CC(C)(C)N(OC)C2(C)C)C(=O)OCC2CC(C)(C)NC2(C)C)C1(C)C. The summed E-state index contributed by atoms with van der Waals surface area (Å²) in [5, 5.41) is 11.1. The number of hydrogen-bond donors (Lipinski definition) is 2. The van der Waals surface area contributed by atoms with Gasteiger partial charge in [-0.1, -0.05) is 0 Å². The van der Waals surface area contributed by atoms with Crippen LogP contribution in [0.5, 0.6) is 0 Å². The fourth-order valence-corrected chi connectivity index (χ4v) is 11.8. The quantitative estimate of drug-likeness (QED) is 0.123. The minimum atomic E-state index is -1.37. The van der Waals surface area contributed by atoms with Crippen LogP contribution in [0.3, 0.4) is 0 Å². The normalized spacial score (nSPS) is 30.4. The van der Waals surface area contributed by atoms with E-state index < -0.39 is 59.6 Å². The molecule has 14 nitrogen and oxygen atoms in total. The molecule has 14 heteroatoms. The highest BCUT2D eigenvalue weighted by molar-refractivity contribution is 5.88. The van der Waals surface area contributed by atoms with Gasteiger partial charge in [0.15, 0.2) is 0 Å². The summed E-state index contributed by atoms with van der Waals surface area (Å²) < 4.78 is 24.0. The zero-order valence-electron chi connectivity index (χ0n) is 40.5. The van der Waals surface area contributed by atoms with Crippen molar-refractivity contribution in [3.63, 3.8) is 0 Å². The Hall–Kier alpha value is -2.36. The topological polar surface area (TPSA) is 154 Å². The van der Waals surface area contributed by atoms with Crippen molar-refractivity contribution in [3.05, 3.63) is 0 Å². The van der Waals surface area contributed by atoms with Gasteiger partial charge < -0.3 is 39.3 Å². The maximum Gasteiger partial charge on any atom is 0.310 e. The molecule has 4 fully saturated rings. The summed E-state index contributed by atoms with van der Waals surface area (Å²) in [5.41, 5.74) is -2.56. The standard InChI is InChI=1S/C46H82N4O10/c1-39(2)21-29(43(9,10)47-39)25-59-37(53)33(19-35(51)57-27-31-23-41(5,6)49(55-17)45(31,13)14)34(38(54)60-26-30-22-40(3,4)48-44(30,11)12)20-36(52)58-28-32-24-42(7,8)50(56-18)46(32,15)16/h29-34,47-48H,19-28H2,1-18H3. The van der Waals surface area contributed by atoms with Crippen LogP contribution >= 0.6 is 0 Å². The van der Waals surface area contributed by atoms with Gasteiger partial charge in [-0.25, -0.2) is 0 Å². The van der Waals surface area contributed by atoms with Crippen LogP contribution in [0.1, 0.15) is 149 Å². The number of hydroxylamine groups is 4. The zero-order valence-corrected chi connectivity index (χ0v) is 40.5. The maximum atomic E-state index is 14.4. The molecular formula is C46H82N4O10. The smallest absolute Gasteiger partial charge is 0.310 e. The van der Waals surface area contributed by atoms with E-state index in [1.807, 2.05) is 37.8 Å². The van der Waals surface area contributed by atoms with Crippen LogP contribution in [0, 0.1) is 35.5 Å². The second-order valence-electron chi connectivity index (χ2n) is 23.2. The summed E-state index contributed by atoms with van der Waals surface area (Å²) in [4.78, 5) is 68.3. The predicted octanol–water partition coefficient (Wildman–Crippen LogP) is 6.39. The van der Waals surface area contributed by atoms with E-state index in [9.17, 15) is 19.2 Å². The molecule has 6 unspecified atom stereocenters. The third kappa shape index (κ3) is 11.2. The molecule has 346 valence electrons. The lowest BCUT2D eigenvalue weighted by molar-refractivity contribution is -0.225. The monoisotopic (exact) mass is 851 g/mol. The molecular weight excluding hydrogens is 769 g/mol. The molecule has 0 aromatic heterocycles. The van der Waals surface area contributed by atoms with E-state index in [1.54, 1.807) is 14.2 Å². The first-order chi connectivity index (χ1) is 27.2. The van der Waals surface area contributed by atoms with Crippen LogP contribution < -0.4 is 10.6 Å². The van der Waals surface area contributed by atoms with Gasteiger partial charge >= 0.3 is 23.9 Å². The molecule has 4 rings (SSSR count). The molecule has 0 aromatic carbocycles. The number of esters is 4. The van der Waals surface area contributed by atoms with Crippen molar-refractivity contribution in [2.75, 3.05) is 40.6 Å². The lowest BCUT2D eigenvalue weighted by Gasteiger charge is -2.39. The van der Waals surface area contributed by atoms with Crippen LogP contribution in [0.4, 0.5) is 0 Å². The lowest BCUT2D eigenvalue weighted by Crippen LogP contribution is -2.49. The molecule has 0 bridgehead atoms. The molecule has 4 saturated heterocycles. The van der Waals surface area contributed by atoms with Gasteiger partial charge in [0.25, 0.3) is 0 Å². The number of nitrogens with zero attached hydrogens (tertiary/aromatic N) is 2. The predicted molar refractivity (Wildman–Crippen MR) is 229 cm³/mol. The summed E-state index contributed by atoms with van der Waals surface area (Å²) >= 11 is 0. The molecule has 0 aliphatic carbocycles. The molecule has 4 aliphatic rings. The van der Waals surface area contributed by atoms with E-state index in [1.165, 1.54) is 0 Å². The first-order valence-corrected chi connectivity index (χ1v) is 22.1. The molecule has 0 amide bonds. The second-order valence-corrected chi connectivity index (χ2v) is 23.2. The molecule has 0 spiro atoms. The first-order valence-electron chi connectivity index (χ1n) is 22.1. The minimum Gasteiger partial charge on any atom is -0.465 e. The third-order valence-electron chi connectivity index (χ3n) is 14.5. The van der Waals surface area contributed by atoms with Crippen LogP contribution in [0.2, 0.25) is 0 Å². The van der Waals surface area contributed by atoms with Gasteiger partial charge in [-0.05, 0) is 136 Å². The molecule has 4 aliphatic heterocycles.